The zero-order valence-electron chi connectivity index (χ0n) is 16.2. The normalized spacial score (nSPS) is 16.7. The number of benzene rings is 1. The average Bonchev–Trinajstić information content (AvgIpc) is 3.26. The average molecular weight is 431 g/mol. The third-order valence-corrected chi connectivity index (χ3v) is 7.02. The van der Waals surface area contributed by atoms with E-state index in [1.54, 1.807) is 0 Å². The minimum Gasteiger partial charge on any atom is -0.478 e. The van der Waals surface area contributed by atoms with Crippen molar-refractivity contribution in [2.24, 2.45) is 0 Å². The number of H-pyrrole nitrogens is 1. The van der Waals surface area contributed by atoms with Crippen molar-refractivity contribution in [3.63, 3.8) is 0 Å². The minimum absolute atomic E-state index is 0.151. The number of aromatic amines is 1. The molecule has 0 fully saturated rings. The van der Waals surface area contributed by atoms with Crippen molar-refractivity contribution in [1.82, 2.24) is 14.9 Å². The van der Waals surface area contributed by atoms with E-state index in [9.17, 15) is 14.7 Å². The van der Waals surface area contributed by atoms with Crippen LogP contribution in [0.5, 0.6) is 0 Å². The number of fused-ring (bicyclic) bond motifs is 2. The molecule has 1 amide bonds. The number of likely N-dealkylation sites (N-methyl/N-ethyl adjacent to an activating group) is 1. The maximum absolute atomic E-state index is 12.5. The Bertz CT molecular complexity index is 1040. The summed E-state index contributed by atoms with van der Waals surface area (Å²) in [7, 11) is 2.04. The van der Waals surface area contributed by atoms with Gasteiger partial charge in [-0.25, -0.2) is 9.78 Å². The lowest BCUT2D eigenvalue weighted by Crippen LogP contribution is -2.30. The van der Waals surface area contributed by atoms with Gasteiger partial charge in [0.25, 0.3) is 0 Å². The van der Waals surface area contributed by atoms with Crippen molar-refractivity contribution >= 4 is 51.0 Å². The summed E-state index contributed by atoms with van der Waals surface area (Å²) in [5, 5.41) is 13.7. The molecule has 0 spiro atoms. The summed E-state index contributed by atoms with van der Waals surface area (Å²) in [6, 6.07) is 7.68. The maximum Gasteiger partial charge on any atom is 0.339 e. The largest absolute Gasteiger partial charge is 0.478 e. The summed E-state index contributed by atoms with van der Waals surface area (Å²) in [6.45, 7) is 3.61. The van der Waals surface area contributed by atoms with Gasteiger partial charge in [0.05, 0.1) is 22.3 Å². The van der Waals surface area contributed by atoms with Gasteiger partial charge >= 0.3 is 5.97 Å². The highest BCUT2D eigenvalue weighted by atomic mass is 32.2. The van der Waals surface area contributed by atoms with Crippen LogP contribution in [0, 0.1) is 0 Å². The van der Waals surface area contributed by atoms with Gasteiger partial charge in [-0.1, -0.05) is 30.8 Å². The summed E-state index contributed by atoms with van der Waals surface area (Å²) < 4.78 is 0. The van der Waals surface area contributed by atoms with E-state index in [1.165, 1.54) is 23.1 Å². The van der Waals surface area contributed by atoms with E-state index in [-0.39, 0.29) is 23.1 Å². The van der Waals surface area contributed by atoms with E-state index in [2.05, 4.69) is 27.1 Å². The number of nitrogens with one attached hydrogen (secondary N) is 2. The lowest BCUT2D eigenvalue weighted by molar-refractivity contribution is -0.113. The fraction of sp³-hybridized carbons (Fsp3) is 0.350. The second-order valence-corrected chi connectivity index (χ2v) is 9.22. The van der Waals surface area contributed by atoms with Crippen molar-refractivity contribution in [2.45, 2.75) is 31.0 Å². The lowest BCUT2D eigenvalue weighted by Gasteiger charge is -2.29. The fourth-order valence-electron chi connectivity index (χ4n) is 3.75. The third kappa shape index (κ3) is 4.03. The van der Waals surface area contributed by atoms with Crippen LogP contribution in [-0.2, 0) is 11.3 Å². The monoisotopic (exact) mass is 430 g/mol. The number of amides is 1. The highest BCUT2D eigenvalue weighted by Gasteiger charge is 2.32. The molecular formula is C20H22N4O3S2. The number of thioether (sulfide) groups is 1. The maximum atomic E-state index is 12.5. The van der Waals surface area contributed by atoms with Crippen molar-refractivity contribution in [2.75, 3.05) is 24.7 Å². The summed E-state index contributed by atoms with van der Waals surface area (Å²) in [4.78, 5) is 35.4. The first kappa shape index (κ1) is 19.9. The van der Waals surface area contributed by atoms with Gasteiger partial charge in [0.15, 0.2) is 5.16 Å². The molecule has 4 rings (SSSR count). The van der Waals surface area contributed by atoms with Gasteiger partial charge in [0.2, 0.25) is 5.91 Å². The molecule has 1 aliphatic rings. The number of hydrogen-bond donors (Lipinski definition) is 3. The van der Waals surface area contributed by atoms with Crippen LogP contribution in [0.25, 0.3) is 11.0 Å². The van der Waals surface area contributed by atoms with Crippen LogP contribution in [0.4, 0.5) is 5.00 Å². The van der Waals surface area contributed by atoms with Gasteiger partial charge in [0.1, 0.15) is 5.00 Å². The zero-order valence-corrected chi connectivity index (χ0v) is 17.8. The molecule has 0 aliphatic carbocycles. The van der Waals surface area contributed by atoms with Crippen LogP contribution >= 0.6 is 23.1 Å². The van der Waals surface area contributed by atoms with E-state index in [1.807, 2.05) is 31.3 Å². The van der Waals surface area contributed by atoms with Crippen LogP contribution in [0.1, 0.15) is 40.1 Å². The predicted octanol–water partition coefficient (Wildman–Crippen LogP) is 3.99. The van der Waals surface area contributed by atoms with Crippen LogP contribution in [0.2, 0.25) is 0 Å². The summed E-state index contributed by atoms with van der Waals surface area (Å²) in [5.41, 5.74) is 2.92. The second kappa shape index (κ2) is 8.17. The molecule has 3 heterocycles. The number of anilines is 1. The molecule has 1 aliphatic heterocycles. The third-order valence-electron chi connectivity index (χ3n) is 5.04. The van der Waals surface area contributed by atoms with Crippen LogP contribution in [-0.4, -0.2) is 51.2 Å². The number of para-hydroxylation sites is 2. The number of carboxylic acid groups (broad SMARTS) is 1. The number of carbonyl (C=O) groups excluding carboxylic acids is 1. The Labute approximate surface area is 176 Å². The number of thiophene rings is 1. The van der Waals surface area contributed by atoms with Gasteiger partial charge in [-0.2, -0.15) is 0 Å². The van der Waals surface area contributed by atoms with Crippen LogP contribution < -0.4 is 5.32 Å². The first-order valence-electron chi connectivity index (χ1n) is 9.41. The highest BCUT2D eigenvalue weighted by molar-refractivity contribution is 7.99. The Morgan fingerprint density at radius 3 is 2.93 bits per heavy atom. The molecule has 9 heteroatoms. The zero-order chi connectivity index (χ0) is 20.5. The molecule has 152 valence electrons. The Morgan fingerprint density at radius 2 is 2.21 bits per heavy atom. The smallest absolute Gasteiger partial charge is 0.339 e. The summed E-state index contributed by atoms with van der Waals surface area (Å²) >= 11 is 2.68. The number of hydrogen-bond acceptors (Lipinski definition) is 6. The quantitative estimate of drug-likeness (QED) is 0.512. The molecule has 0 saturated carbocycles. The molecule has 1 unspecified atom stereocenters. The molecule has 0 bridgehead atoms. The molecule has 3 N–H and O–H groups in total. The van der Waals surface area contributed by atoms with E-state index in [0.29, 0.717) is 16.7 Å². The molecule has 1 aromatic carbocycles. The van der Waals surface area contributed by atoms with Crippen molar-refractivity contribution in [3.05, 3.63) is 40.3 Å². The van der Waals surface area contributed by atoms with E-state index in [0.717, 1.165) is 34.4 Å². The minimum atomic E-state index is -0.981. The molecule has 7 nitrogen and oxygen atoms in total. The highest BCUT2D eigenvalue weighted by Crippen LogP contribution is 2.42. The molecule has 29 heavy (non-hydrogen) atoms. The molecule has 1 atom stereocenters. The van der Waals surface area contributed by atoms with Crippen molar-refractivity contribution in [1.29, 1.82) is 0 Å². The van der Waals surface area contributed by atoms with Crippen molar-refractivity contribution < 1.29 is 14.7 Å². The second-order valence-electron chi connectivity index (χ2n) is 7.15. The first-order chi connectivity index (χ1) is 14.0. The number of rotatable bonds is 6. The number of aromatic nitrogens is 2. The number of carbonyl (C=O) groups is 2. The summed E-state index contributed by atoms with van der Waals surface area (Å²) in [5.74, 6) is -0.899. The van der Waals surface area contributed by atoms with Gasteiger partial charge in [-0.05, 0) is 37.1 Å². The van der Waals surface area contributed by atoms with E-state index >= 15 is 0 Å². The SMILES string of the molecule is CCC1CN(C)Cc2sc(NC(=O)CSc3nc4ccccc4[nH]3)c(C(=O)O)c21. The topological polar surface area (TPSA) is 98.3 Å². The van der Waals surface area contributed by atoms with Gasteiger partial charge in [0, 0.05) is 18.0 Å². The molecule has 0 radical (unpaired) electrons. The Kier molecular flexibility index (Phi) is 5.62. The van der Waals surface area contributed by atoms with Gasteiger partial charge in [-0.3, -0.25) is 4.79 Å². The Balaban J connectivity index is 1.51. The van der Waals surface area contributed by atoms with Gasteiger partial charge < -0.3 is 20.3 Å². The van der Waals surface area contributed by atoms with Crippen LogP contribution in [0.3, 0.4) is 0 Å². The Morgan fingerprint density at radius 1 is 1.41 bits per heavy atom. The van der Waals surface area contributed by atoms with Gasteiger partial charge in [-0.15, -0.1) is 11.3 Å². The molecule has 0 saturated heterocycles. The standard InChI is InChI=1S/C20H22N4O3S2/c1-3-11-8-24(2)9-14-16(11)17(19(26)27)18(29-14)23-15(25)10-28-20-21-12-6-4-5-7-13(12)22-20/h4-7,11H,3,8-10H2,1-2H3,(H,21,22)(H,23,25)(H,26,27). The Hall–Kier alpha value is -2.36. The predicted molar refractivity (Wildman–Crippen MR) is 116 cm³/mol. The molecular weight excluding hydrogens is 408 g/mol. The summed E-state index contributed by atoms with van der Waals surface area (Å²) in [6.07, 6.45) is 0.865. The number of carboxylic acids is 1. The van der Waals surface area contributed by atoms with Crippen molar-refractivity contribution in [3.8, 4) is 0 Å². The number of imidazole rings is 1. The fourth-order valence-corrected chi connectivity index (χ4v) is 5.80. The number of nitrogens with zero attached hydrogens (tertiary/aromatic N) is 2. The van der Waals surface area contributed by atoms with E-state index in [4.69, 9.17) is 0 Å². The van der Waals surface area contributed by atoms with E-state index < -0.39 is 5.97 Å². The molecule has 3 aromatic rings. The number of aromatic carboxylic acids is 1. The molecule has 2 aromatic heterocycles. The van der Waals surface area contributed by atoms with Crippen LogP contribution in [0.15, 0.2) is 29.4 Å². The first-order valence-corrected chi connectivity index (χ1v) is 11.2. The lowest BCUT2D eigenvalue weighted by atomic mass is 9.89.